The van der Waals surface area contributed by atoms with E-state index in [9.17, 15) is 10.2 Å². The van der Waals surface area contributed by atoms with Crippen LogP contribution in [0.4, 0.5) is 0 Å². The Balaban J connectivity index is 2.16. The molecule has 90 valence electrons. The van der Waals surface area contributed by atoms with E-state index in [2.05, 4.69) is 20.9 Å². The van der Waals surface area contributed by atoms with Crippen LogP contribution in [0.25, 0.3) is 20.8 Å². The van der Waals surface area contributed by atoms with Crippen molar-refractivity contribution in [3.05, 3.63) is 40.9 Å². The fraction of sp³-hybridized carbons (Fsp3) is 0. The number of fused-ring (bicyclic) bond motifs is 1. The van der Waals surface area contributed by atoms with Crippen LogP contribution in [-0.4, -0.2) is 15.2 Å². The smallest absolute Gasteiger partial charge is 0.158 e. The van der Waals surface area contributed by atoms with Crippen molar-refractivity contribution in [1.82, 2.24) is 4.98 Å². The van der Waals surface area contributed by atoms with Gasteiger partial charge in [-0.2, -0.15) is 0 Å². The molecule has 3 nitrogen and oxygen atoms in total. The first-order chi connectivity index (χ1) is 8.63. The van der Waals surface area contributed by atoms with Crippen molar-refractivity contribution in [1.29, 1.82) is 0 Å². The largest absolute Gasteiger partial charge is 0.504 e. The lowest BCUT2D eigenvalue weighted by Crippen LogP contribution is -1.76. The molecule has 2 aromatic carbocycles. The average Bonchev–Trinajstić information content (AvgIpc) is 2.75. The molecular weight excluding hydrogens is 314 g/mol. The van der Waals surface area contributed by atoms with Crippen LogP contribution in [0.2, 0.25) is 0 Å². The molecule has 3 aromatic rings. The lowest BCUT2D eigenvalue weighted by atomic mass is 10.2. The molecule has 0 aliphatic heterocycles. The molecule has 0 fully saturated rings. The van der Waals surface area contributed by atoms with E-state index in [1.165, 1.54) is 12.1 Å². The van der Waals surface area contributed by atoms with Crippen LogP contribution < -0.4 is 0 Å². The summed E-state index contributed by atoms with van der Waals surface area (Å²) in [5.41, 5.74) is 1.71. The van der Waals surface area contributed by atoms with Crippen molar-refractivity contribution >= 4 is 37.5 Å². The number of halogens is 1. The number of phenolic OH excluding ortho intramolecular Hbond substituents is 2. The number of benzene rings is 2. The van der Waals surface area contributed by atoms with Gasteiger partial charge in [0.2, 0.25) is 0 Å². The Bertz CT molecular complexity index is 739. The quantitative estimate of drug-likeness (QED) is 0.662. The van der Waals surface area contributed by atoms with Crippen molar-refractivity contribution in [3.63, 3.8) is 0 Å². The highest BCUT2D eigenvalue weighted by Gasteiger charge is 2.08. The van der Waals surface area contributed by atoms with Crippen LogP contribution >= 0.6 is 27.3 Å². The molecule has 0 spiro atoms. The molecule has 0 saturated carbocycles. The summed E-state index contributed by atoms with van der Waals surface area (Å²) in [5, 5.41) is 19.6. The third kappa shape index (κ3) is 1.95. The Labute approximate surface area is 115 Å². The van der Waals surface area contributed by atoms with E-state index in [0.717, 1.165) is 25.3 Å². The van der Waals surface area contributed by atoms with Gasteiger partial charge in [-0.05, 0) is 36.4 Å². The highest BCUT2D eigenvalue weighted by Crippen LogP contribution is 2.35. The van der Waals surface area contributed by atoms with E-state index in [1.807, 2.05) is 18.2 Å². The fourth-order valence-electron chi connectivity index (χ4n) is 1.68. The van der Waals surface area contributed by atoms with Crippen LogP contribution in [-0.2, 0) is 0 Å². The molecule has 0 aliphatic rings. The second kappa shape index (κ2) is 4.26. The normalized spacial score (nSPS) is 10.9. The summed E-state index contributed by atoms with van der Waals surface area (Å²) in [5.74, 6) is -0.254. The maximum atomic E-state index is 9.50. The molecule has 18 heavy (non-hydrogen) atoms. The highest BCUT2D eigenvalue weighted by molar-refractivity contribution is 9.10. The van der Waals surface area contributed by atoms with Gasteiger partial charge in [-0.1, -0.05) is 15.9 Å². The maximum Gasteiger partial charge on any atom is 0.158 e. The van der Waals surface area contributed by atoms with Crippen LogP contribution in [0.5, 0.6) is 11.5 Å². The van der Waals surface area contributed by atoms with Crippen molar-refractivity contribution in [2.45, 2.75) is 0 Å². The number of phenols is 2. The standard InChI is InChI=1S/C13H8BrNO2S/c14-8-2-4-12-9(6-8)15-13(18-12)7-1-3-10(16)11(17)5-7/h1-6,16-17H. The zero-order valence-corrected chi connectivity index (χ0v) is 11.5. The van der Waals surface area contributed by atoms with E-state index in [-0.39, 0.29) is 11.5 Å². The van der Waals surface area contributed by atoms with Crippen LogP contribution in [0.15, 0.2) is 40.9 Å². The van der Waals surface area contributed by atoms with Crippen molar-refractivity contribution in [2.75, 3.05) is 0 Å². The average molecular weight is 322 g/mol. The molecule has 1 aromatic heterocycles. The predicted octanol–water partition coefficient (Wildman–Crippen LogP) is 4.14. The molecule has 0 atom stereocenters. The molecule has 0 saturated heterocycles. The number of rotatable bonds is 1. The number of thiazole rings is 1. The predicted molar refractivity (Wildman–Crippen MR) is 76.1 cm³/mol. The minimum atomic E-state index is -0.132. The van der Waals surface area contributed by atoms with E-state index in [1.54, 1.807) is 17.4 Å². The molecule has 3 rings (SSSR count). The summed E-state index contributed by atoms with van der Waals surface area (Å²) in [7, 11) is 0. The summed E-state index contributed by atoms with van der Waals surface area (Å²) in [6.07, 6.45) is 0. The molecule has 0 unspecified atom stereocenters. The lowest BCUT2D eigenvalue weighted by Gasteiger charge is -1.99. The third-order valence-electron chi connectivity index (χ3n) is 2.57. The summed E-state index contributed by atoms with van der Waals surface area (Å²) in [6.45, 7) is 0. The van der Waals surface area contributed by atoms with Crippen LogP contribution in [0, 0.1) is 0 Å². The topological polar surface area (TPSA) is 53.4 Å². The Kier molecular flexibility index (Phi) is 2.72. The minimum absolute atomic E-state index is 0.123. The molecule has 0 radical (unpaired) electrons. The Morgan fingerprint density at radius 1 is 1.00 bits per heavy atom. The summed E-state index contributed by atoms with van der Waals surface area (Å²) < 4.78 is 2.07. The number of aromatic hydroxyl groups is 2. The maximum absolute atomic E-state index is 9.50. The van der Waals surface area contributed by atoms with Gasteiger partial charge in [0.15, 0.2) is 11.5 Å². The summed E-state index contributed by atoms with van der Waals surface area (Å²) in [4.78, 5) is 4.51. The van der Waals surface area contributed by atoms with Gasteiger partial charge >= 0.3 is 0 Å². The monoisotopic (exact) mass is 321 g/mol. The van der Waals surface area contributed by atoms with Gasteiger partial charge in [0, 0.05) is 10.0 Å². The number of aromatic nitrogens is 1. The SMILES string of the molecule is Oc1ccc(-c2nc3cc(Br)ccc3s2)cc1O. The second-order valence-corrected chi connectivity index (χ2v) is 5.78. The van der Waals surface area contributed by atoms with Crippen molar-refractivity contribution in [2.24, 2.45) is 0 Å². The Morgan fingerprint density at radius 3 is 2.61 bits per heavy atom. The first-order valence-corrected chi connectivity index (χ1v) is 6.83. The Morgan fingerprint density at radius 2 is 1.83 bits per heavy atom. The van der Waals surface area contributed by atoms with Gasteiger partial charge in [-0.15, -0.1) is 11.3 Å². The third-order valence-corrected chi connectivity index (χ3v) is 4.15. The minimum Gasteiger partial charge on any atom is -0.504 e. The molecule has 0 bridgehead atoms. The zero-order chi connectivity index (χ0) is 12.7. The fourth-order valence-corrected chi connectivity index (χ4v) is 2.97. The second-order valence-electron chi connectivity index (χ2n) is 3.83. The highest BCUT2D eigenvalue weighted by atomic mass is 79.9. The molecular formula is C13H8BrNO2S. The number of hydrogen-bond donors (Lipinski definition) is 2. The van der Waals surface area contributed by atoms with Gasteiger partial charge in [0.25, 0.3) is 0 Å². The van der Waals surface area contributed by atoms with Crippen molar-refractivity contribution in [3.8, 4) is 22.1 Å². The van der Waals surface area contributed by atoms with Crippen LogP contribution in [0.3, 0.4) is 0 Å². The van der Waals surface area contributed by atoms with Gasteiger partial charge in [0.1, 0.15) is 5.01 Å². The lowest BCUT2D eigenvalue weighted by molar-refractivity contribution is 0.404. The van der Waals surface area contributed by atoms with Gasteiger partial charge in [-0.3, -0.25) is 0 Å². The van der Waals surface area contributed by atoms with E-state index in [0.29, 0.717) is 0 Å². The molecule has 0 aliphatic carbocycles. The van der Waals surface area contributed by atoms with E-state index >= 15 is 0 Å². The molecule has 2 N–H and O–H groups in total. The van der Waals surface area contributed by atoms with Gasteiger partial charge in [0.05, 0.1) is 10.2 Å². The number of hydrogen-bond acceptors (Lipinski definition) is 4. The van der Waals surface area contributed by atoms with Crippen LogP contribution in [0.1, 0.15) is 0 Å². The van der Waals surface area contributed by atoms with E-state index < -0.39 is 0 Å². The first kappa shape index (κ1) is 11.5. The molecule has 5 heteroatoms. The summed E-state index contributed by atoms with van der Waals surface area (Å²) >= 11 is 4.96. The zero-order valence-electron chi connectivity index (χ0n) is 9.09. The Hall–Kier alpha value is -1.59. The molecule has 0 amide bonds. The molecule has 1 heterocycles. The van der Waals surface area contributed by atoms with Gasteiger partial charge in [-0.25, -0.2) is 4.98 Å². The van der Waals surface area contributed by atoms with Crippen molar-refractivity contribution < 1.29 is 10.2 Å². The van der Waals surface area contributed by atoms with E-state index in [4.69, 9.17) is 0 Å². The summed E-state index contributed by atoms with van der Waals surface area (Å²) in [6, 6.07) is 10.6. The first-order valence-electron chi connectivity index (χ1n) is 5.22. The number of nitrogens with zero attached hydrogens (tertiary/aromatic N) is 1. The van der Waals surface area contributed by atoms with Gasteiger partial charge < -0.3 is 10.2 Å².